The number of rotatable bonds is 6. The van der Waals surface area contributed by atoms with Crippen molar-refractivity contribution in [3.8, 4) is 5.75 Å². The third-order valence-electron chi connectivity index (χ3n) is 5.08. The Kier molecular flexibility index (Phi) is 6.69. The van der Waals surface area contributed by atoms with Crippen LogP contribution in [0.4, 0.5) is 5.69 Å². The number of ether oxygens (including phenoxy) is 1. The third kappa shape index (κ3) is 5.35. The highest BCUT2D eigenvalue weighted by atomic mass is 16.5. The molecule has 5 heteroatoms. The van der Waals surface area contributed by atoms with Gasteiger partial charge in [-0.2, -0.15) is 0 Å². The van der Waals surface area contributed by atoms with Crippen molar-refractivity contribution in [2.75, 3.05) is 24.5 Å². The minimum absolute atomic E-state index is 0.00570. The first-order valence-electron chi connectivity index (χ1n) is 9.85. The lowest BCUT2D eigenvalue weighted by Crippen LogP contribution is -2.46. The normalized spacial score (nSPS) is 16.5. The van der Waals surface area contributed by atoms with Crippen LogP contribution < -0.4 is 9.64 Å². The van der Waals surface area contributed by atoms with Crippen molar-refractivity contribution in [3.63, 3.8) is 0 Å². The number of benzene rings is 2. The van der Waals surface area contributed by atoms with Crippen molar-refractivity contribution < 1.29 is 14.3 Å². The zero-order valence-corrected chi connectivity index (χ0v) is 16.6. The second-order valence-corrected chi connectivity index (χ2v) is 7.46. The van der Waals surface area contributed by atoms with Crippen LogP contribution in [0, 0.1) is 5.92 Å². The Balaban J connectivity index is 1.61. The summed E-state index contributed by atoms with van der Waals surface area (Å²) in [4.78, 5) is 28.2. The number of piperidine rings is 1. The molecule has 0 bridgehead atoms. The summed E-state index contributed by atoms with van der Waals surface area (Å²) < 4.78 is 5.80. The van der Waals surface area contributed by atoms with E-state index in [0.29, 0.717) is 18.2 Å². The lowest BCUT2D eigenvalue weighted by atomic mass is 10.0. The molecule has 0 spiro atoms. The van der Waals surface area contributed by atoms with Crippen LogP contribution in [0.5, 0.6) is 5.75 Å². The van der Waals surface area contributed by atoms with Crippen molar-refractivity contribution >= 4 is 17.5 Å². The van der Waals surface area contributed by atoms with Gasteiger partial charge in [0.15, 0.2) is 0 Å². The van der Waals surface area contributed by atoms with Gasteiger partial charge in [-0.15, -0.1) is 0 Å². The Morgan fingerprint density at radius 1 is 1.11 bits per heavy atom. The molecule has 2 amide bonds. The maximum absolute atomic E-state index is 12.7. The van der Waals surface area contributed by atoms with Crippen LogP contribution >= 0.6 is 0 Å². The second kappa shape index (κ2) is 9.40. The summed E-state index contributed by atoms with van der Waals surface area (Å²) in [5.74, 6) is 1.11. The Bertz CT molecular complexity index is 789. The van der Waals surface area contributed by atoms with Gasteiger partial charge >= 0.3 is 0 Å². The fourth-order valence-electron chi connectivity index (χ4n) is 3.50. The first-order chi connectivity index (χ1) is 13.5. The SMILES string of the molecule is CC(=O)N(CC(=O)N1CCCC(C)C1)c1ccc(OCc2ccccc2)cc1. The zero-order valence-electron chi connectivity index (χ0n) is 16.6. The maximum Gasteiger partial charge on any atom is 0.242 e. The lowest BCUT2D eigenvalue weighted by molar-refractivity contribution is -0.132. The van der Waals surface area contributed by atoms with Gasteiger partial charge in [0.1, 0.15) is 18.9 Å². The number of amides is 2. The summed E-state index contributed by atoms with van der Waals surface area (Å²) >= 11 is 0. The molecule has 1 atom stereocenters. The Hall–Kier alpha value is -2.82. The summed E-state index contributed by atoms with van der Waals surface area (Å²) in [5, 5.41) is 0. The molecule has 0 saturated carbocycles. The molecule has 2 aromatic carbocycles. The molecule has 0 N–H and O–H groups in total. The number of hydrogen-bond acceptors (Lipinski definition) is 3. The van der Waals surface area contributed by atoms with Crippen LogP contribution in [0.2, 0.25) is 0 Å². The summed E-state index contributed by atoms with van der Waals surface area (Å²) in [5.41, 5.74) is 1.80. The average Bonchev–Trinajstić information content (AvgIpc) is 2.71. The molecule has 1 aliphatic rings. The van der Waals surface area contributed by atoms with Crippen molar-refractivity contribution in [1.29, 1.82) is 0 Å². The van der Waals surface area contributed by atoms with Crippen LogP contribution in [0.3, 0.4) is 0 Å². The smallest absolute Gasteiger partial charge is 0.242 e. The van der Waals surface area contributed by atoms with Gasteiger partial charge in [-0.25, -0.2) is 0 Å². The van der Waals surface area contributed by atoms with Gasteiger partial charge in [0, 0.05) is 25.7 Å². The molecule has 0 aromatic heterocycles. The van der Waals surface area contributed by atoms with Gasteiger partial charge in [-0.05, 0) is 48.6 Å². The third-order valence-corrected chi connectivity index (χ3v) is 5.08. The molecule has 2 aromatic rings. The predicted molar refractivity (Wildman–Crippen MR) is 110 cm³/mol. The summed E-state index contributed by atoms with van der Waals surface area (Å²) in [6.07, 6.45) is 2.19. The van der Waals surface area contributed by atoms with E-state index in [4.69, 9.17) is 4.74 Å². The molecular weight excluding hydrogens is 352 g/mol. The van der Waals surface area contributed by atoms with E-state index in [1.54, 1.807) is 0 Å². The number of hydrogen-bond donors (Lipinski definition) is 0. The molecule has 0 radical (unpaired) electrons. The van der Waals surface area contributed by atoms with Crippen LogP contribution in [0.15, 0.2) is 54.6 Å². The fraction of sp³-hybridized carbons (Fsp3) is 0.391. The Morgan fingerprint density at radius 3 is 2.46 bits per heavy atom. The number of carbonyl (C=O) groups is 2. The largest absolute Gasteiger partial charge is 0.489 e. The quantitative estimate of drug-likeness (QED) is 0.764. The molecule has 1 unspecified atom stereocenters. The average molecular weight is 380 g/mol. The monoisotopic (exact) mass is 380 g/mol. The minimum Gasteiger partial charge on any atom is -0.489 e. The summed E-state index contributed by atoms with van der Waals surface area (Å²) in [6.45, 7) is 5.77. The molecule has 5 nitrogen and oxygen atoms in total. The molecule has 1 fully saturated rings. The van der Waals surface area contributed by atoms with E-state index in [9.17, 15) is 9.59 Å². The second-order valence-electron chi connectivity index (χ2n) is 7.46. The zero-order chi connectivity index (χ0) is 19.9. The first kappa shape index (κ1) is 19.9. The predicted octanol–water partition coefficient (Wildman–Crippen LogP) is 3.88. The van der Waals surface area contributed by atoms with Crippen molar-refractivity contribution in [2.24, 2.45) is 5.92 Å². The number of nitrogens with zero attached hydrogens (tertiary/aromatic N) is 2. The van der Waals surface area contributed by atoms with E-state index < -0.39 is 0 Å². The van der Waals surface area contributed by atoms with Gasteiger partial charge in [0.2, 0.25) is 11.8 Å². The van der Waals surface area contributed by atoms with Crippen molar-refractivity contribution in [2.45, 2.75) is 33.3 Å². The van der Waals surface area contributed by atoms with Crippen LogP contribution in [0.1, 0.15) is 32.3 Å². The van der Waals surface area contributed by atoms with Gasteiger partial charge in [0.05, 0.1) is 0 Å². The molecule has 1 aliphatic heterocycles. The van der Waals surface area contributed by atoms with E-state index in [0.717, 1.165) is 37.2 Å². The van der Waals surface area contributed by atoms with E-state index in [2.05, 4.69) is 6.92 Å². The standard InChI is InChI=1S/C23H28N2O3/c1-18-7-6-14-24(15-18)23(27)16-25(19(2)26)21-10-12-22(13-11-21)28-17-20-8-4-3-5-9-20/h3-5,8-13,18H,6-7,14-17H2,1-2H3. The highest BCUT2D eigenvalue weighted by Crippen LogP contribution is 2.22. The number of likely N-dealkylation sites (tertiary alicyclic amines) is 1. The fourth-order valence-corrected chi connectivity index (χ4v) is 3.50. The number of carbonyl (C=O) groups excluding carboxylic acids is 2. The van der Waals surface area contributed by atoms with Crippen molar-refractivity contribution in [1.82, 2.24) is 4.90 Å². The lowest BCUT2D eigenvalue weighted by Gasteiger charge is -2.32. The first-order valence-corrected chi connectivity index (χ1v) is 9.85. The van der Waals surface area contributed by atoms with Gasteiger partial charge in [0.25, 0.3) is 0 Å². The molecule has 148 valence electrons. The van der Waals surface area contributed by atoms with Crippen LogP contribution in [-0.4, -0.2) is 36.3 Å². The van der Waals surface area contributed by atoms with E-state index in [1.165, 1.54) is 11.8 Å². The van der Waals surface area contributed by atoms with Gasteiger partial charge in [-0.3, -0.25) is 9.59 Å². The summed E-state index contributed by atoms with van der Waals surface area (Å²) in [7, 11) is 0. The minimum atomic E-state index is -0.142. The molecule has 28 heavy (non-hydrogen) atoms. The Labute approximate surface area is 166 Å². The molecular formula is C23H28N2O3. The van der Waals surface area contributed by atoms with E-state index >= 15 is 0 Å². The highest BCUT2D eigenvalue weighted by molar-refractivity contribution is 5.97. The van der Waals surface area contributed by atoms with Crippen molar-refractivity contribution in [3.05, 3.63) is 60.2 Å². The van der Waals surface area contributed by atoms with E-state index in [1.807, 2.05) is 59.5 Å². The van der Waals surface area contributed by atoms with Gasteiger partial charge < -0.3 is 14.5 Å². The van der Waals surface area contributed by atoms with E-state index in [-0.39, 0.29) is 18.4 Å². The molecule has 3 rings (SSSR count). The molecule has 1 saturated heterocycles. The molecule has 0 aliphatic carbocycles. The topological polar surface area (TPSA) is 49.9 Å². The van der Waals surface area contributed by atoms with Crippen LogP contribution in [0.25, 0.3) is 0 Å². The highest BCUT2D eigenvalue weighted by Gasteiger charge is 2.24. The number of anilines is 1. The molecule has 1 heterocycles. The summed E-state index contributed by atoms with van der Waals surface area (Å²) in [6, 6.07) is 17.3. The van der Waals surface area contributed by atoms with Gasteiger partial charge in [-0.1, -0.05) is 37.3 Å². The Morgan fingerprint density at radius 2 is 1.82 bits per heavy atom. The maximum atomic E-state index is 12.7. The van der Waals surface area contributed by atoms with Crippen LogP contribution in [-0.2, 0) is 16.2 Å².